The van der Waals surface area contributed by atoms with Crippen LogP contribution in [0.1, 0.15) is 59.3 Å². The number of carbonyl (C=O) groups is 1. The van der Waals surface area contributed by atoms with Crippen LogP contribution in [-0.2, 0) is 26.9 Å². The largest absolute Gasteiger partial charge is 0.478 e. The van der Waals surface area contributed by atoms with Crippen molar-refractivity contribution >= 4 is 34.3 Å². The Hall–Kier alpha value is -5.13. The number of carboxylic acids is 1. The lowest BCUT2D eigenvalue weighted by Gasteiger charge is -2.33. The van der Waals surface area contributed by atoms with Crippen molar-refractivity contribution in [1.82, 2.24) is 24.1 Å². The molecule has 0 spiro atoms. The number of nitrogens with zero attached hydrogens (tertiary/aromatic N) is 7. The van der Waals surface area contributed by atoms with E-state index in [2.05, 4.69) is 24.8 Å². The third-order valence-electron chi connectivity index (χ3n) is 9.90. The van der Waals surface area contributed by atoms with Crippen molar-refractivity contribution in [1.29, 1.82) is 0 Å². The van der Waals surface area contributed by atoms with Gasteiger partial charge >= 0.3 is 11.7 Å². The van der Waals surface area contributed by atoms with Gasteiger partial charge in [0.05, 0.1) is 16.6 Å². The second kappa shape index (κ2) is 12.8. The van der Waals surface area contributed by atoms with E-state index < -0.39 is 12.4 Å². The van der Waals surface area contributed by atoms with Gasteiger partial charge < -0.3 is 14.9 Å². The molecular weight excluding hydrogens is 616 g/mol. The minimum Gasteiger partial charge on any atom is -0.478 e. The van der Waals surface area contributed by atoms with Crippen molar-refractivity contribution in [2.24, 2.45) is 20.0 Å². The maximum atomic E-state index is 14.6. The van der Waals surface area contributed by atoms with Crippen LogP contribution in [0.25, 0.3) is 22.2 Å². The molecule has 2 aliphatic rings. The lowest BCUT2D eigenvalue weighted by Crippen LogP contribution is -2.35. The van der Waals surface area contributed by atoms with E-state index in [-0.39, 0.29) is 16.8 Å². The molecule has 2 aromatic carbocycles. The number of aryl methyl sites for hydroxylation is 4. The van der Waals surface area contributed by atoms with Gasteiger partial charge in [-0.05, 0) is 92.0 Å². The number of hydrogen-bond donors (Lipinski definition) is 1. The summed E-state index contributed by atoms with van der Waals surface area (Å²) < 4.78 is 32.4. The summed E-state index contributed by atoms with van der Waals surface area (Å²) in [6.45, 7) is 2.30. The predicted octanol–water partition coefficient (Wildman–Crippen LogP) is 6.30. The van der Waals surface area contributed by atoms with Crippen molar-refractivity contribution in [2.75, 3.05) is 29.4 Å². The van der Waals surface area contributed by atoms with Crippen LogP contribution in [0.2, 0.25) is 0 Å². The molecule has 7 rings (SSSR count). The first-order valence-corrected chi connectivity index (χ1v) is 16.3. The van der Waals surface area contributed by atoms with Crippen LogP contribution < -0.4 is 15.5 Å². The van der Waals surface area contributed by atoms with E-state index in [0.29, 0.717) is 29.5 Å². The topological polar surface area (TPSA) is 109 Å². The molecule has 1 N–H and O–H groups in total. The standard InChI is InChI=1S/C36H37F2N7O3/c1-42-30-10-9-27(17-32(30)43(2)36(42)48)45-13-3-4-23-16-28(29(33(37)38)18-31(23)45)24-6-8-26(39-19-24)7-5-22-11-14-44(15-12-22)35-40-20-25(21-41-35)34(46)47/h6,8-10,16-22,33H,3-5,7,11-15H2,1-2H3,(H,46,47). The van der Waals surface area contributed by atoms with Gasteiger partial charge in [-0.3, -0.25) is 14.1 Å². The number of anilines is 3. The summed E-state index contributed by atoms with van der Waals surface area (Å²) in [4.78, 5) is 40.8. The number of aromatic nitrogens is 5. The molecule has 0 aliphatic carbocycles. The molecule has 2 aliphatic heterocycles. The highest BCUT2D eigenvalue weighted by molar-refractivity contribution is 5.87. The van der Waals surface area contributed by atoms with E-state index in [0.717, 1.165) is 85.3 Å². The normalized spacial score (nSPS) is 15.4. The smallest absolute Gasteiger partial charge is 0.338 e. The molecular formula is C36H37F2N7O3. The third-order valence-corrected chi connectivity index (χ3v) is 9.90. The Balaban J connectivity index is 1.04. The van der Waals surface area contributed by atoms with Crippen LogP contribution in [0.15, 0.2) is 65.8 Å². The van der Waals surface area contributed by atoms with E-state index in [1.165, 1.54) is 12.4 Å². The third kappa shape index (κ3) is 5.91. The molecule has 0 atom stereocenters. The number of alkyl halides is 2. The van der Waals surface area contributed by atoms with E-state index in [4.69, 9.17) is 5.11 Å². The zero-order valence-corrected chi connectivity index (χ0v) is 26.9. The summed E-state index contributed by atoms with van der Waals surface area (Å²) in [6.07, 6.45) is 7.13. The molecule has 0 bridgehead atoms. The van der Waals surface area contributed by atoms with Gasteiger partial charge in [0.25, 0.3) is 6.43 Å². The maximum absolute atomic E-state index is 14.6. The minimum absolute atomic E-state index is 0.0169. The summed E-state index contributed by atoms with van der Waals surface area (Å²) in [6, 6.07) is 13.2. The Morgan fingerprint density at radius 1 is 0.938 bits per heavy atom. The van der Waals surface area contributed by atoms with Gasteiger partial charge in [-0.2, -0.15) is 0 Å². The molecule has 10 nitrogen and oxygen atoms in total. The van der Waals surface area contributed by atoms with Gasteiger partial charge in [-0.25, -0.2) is 28.3 Å². The van der Waals surface area contributed by atoms with E-state index >= 15 is 0 Å². The highest BCUT2D eigenvalue weighted by atomic mass is 19.3. The Bertz CT molecular complexity index is 2030. The monoisotopic (exact) mass is 653 g/mol. The van der Waals surface area contributed by atoms with Crippen molar-refractivity contribution < 1.29 is 18.7 Å². The number of piperidine rings is 1. The number of imidazole rings is 1. The van der Waals surface area contributed by atoms with E-state index in [1.54, 1.807) is 35.5 Å². The number of rotatable bonds is 8. The fourth-order valence-electron chi connectivity index (χ4n) is 7.11. The van der Waals surface area contributed by atoms with Crippen molar-refractivity contribution in [2.45, 2.75) is 45.0 Å². The Labute approximate surface area is 276 Å². The number of fused-ring (bicyclic) bond motifs is 2. The molecule has 1 saturated heterocycles. The Morgan fingerprint density at radius 2 is 1.69 bits per heavy atom. The SMILES string of the molecule is Cn1c(=O)n(C)c2cc(N3CCCc4cc(-c5ccc(CCC6CCN(c7ncc(C(=O)O)cn7)CC6)nc5)c(C(F)F)cc43)ccc21. The second-order valence-corrected chi connectivity index (χ2v) is 12.8. The summed E-state index contributed by atoms with van der Waals surface area (Å²) in [7, 11) is 3.49. The zero-order valence-electron chi connectivity index (χ0n) is 26.9. The fourth-order valence-corrected chi connectivity index (χ4v) is 7.11. The van der Waals surface area contributed by atoms with E-state index in [9.17, 15) is 18.4 Å². The quantitative estimate of drug-likeness (QED) is 0.208. The van der Waals surface area contributed by atoms with E-state index in [1.807, 2.05) is 36.4 Å². The average Bonchev–Trinajstić information content (AvgIpc) is 3.33. The number of halogens is 2. The number of benzene rings is 2. The Kier molecular flexibility index (Phi) is 8.40. The molecule has 1 fully saturated rings. The van der Waals surface area contributed by atoms with Gasteiger partial charge in [0.15, 0.2) is 0 Å². The van der Waals surface area contributed by atoms with Crippen LogP contribution in [0.4, 0.5) is 26.1 Å². The highest BCUT2D eigenvalue weighted by Gasteiger charge is 2.26. The average molecular weight is 654 g/mol. The van der Waals surface area contributed by atoms with Crippen molar-refractivity contribution in [3.63, 3.8) is 0 Å². The lowest BCUT2D eigenvalue weighted by molar-refractivity contribution is 0.0696. The highest BCUT2D eigenvalue weighted by Crippen LogP contribution is 2.41. The van der Waals surface area contributed by atoms with Gasteiger partial charge in [0.2, 0.25) is 5.95 Å². The molecule has 0 unspecified atom stereocenters. The lowest BCUT2D eigenvalue weighted by atomic mass is 9.91. The van der Waals surface area contributed by atoms with Crippen LogP contribution in [-0.4, -0.2) is 54.8 Å². The number of carboxylic acid groups (broad SMARTS) is 1. The Morgan fingerprint density at radius 3 is 2.38 bits per heavy atom. The molecule has 5 aromatic rings. The molecule has 0 saturated carbocycles. The molecule has 0 amide bonds. The van der Waals surface area contributed by atoms with Crippen LogP contribution >= 0.6 is 0 Å². The summed E-state index contributed by atoms with van der Waals surface area (Å²) in [5.41, 5.74) is 6.36. The first-order chi connectivity index (χ1) is 23.2. The molecule has 248 valence electrons. The molecule has 12 heteroatoms. The van der Waals surface area contributed by atoms with Gasteiger partial charge in [0.1, 0.15) is 0 Å². The van der Waals surface area contributed by atoms with Crippen molar-refractivity contribution in [3.8, 4) is 11.1 Å². The predicted molar refractivity (Wildman–Crippen MR) is 180 cm³/mol. The van der Waals surface area contributed by atoms with Crippen LogP contribution in [0.5, 0.6) is 0 Å². The number of hydrogen-bond acceptors (Lipinski definition) is 7. The van der Waals surface area contributed by atoms with Crippen molar-refractivity contribution in [3.05, 3.63) is 93.9 Å². The summed E-state index contributed by atoms with van der Waals surface area (Å²) in [5.74, 6) is 0.0257. The van der Waals surface area contributed by atoms with Gasteiger partial charge in [-0.1, -0.05) is 6.07 Å². The van der Waals surface area contributed by atoms with Crippen LogP contribution in [0, 0.1) is 5.92 Å². The van der Waals surface area contributed by atoms with Gasteiger partial charge in [0, 0.05) is 80.5 Å². The molecule has 48 heavy (non-hydrogen) atoms. The molecule has 0 radical (unpaired) electrons. The fraction of sp³-hybridized carbons (Fsp3) is 0.361. The maximum Gasteiger partial charge on any atom is 0.338 e. The summed E-state index contributed by atoms with van der Waals surface area (Å²) in [5, 5.41) is 9.07. The first kappa shape index (κ1) is 31.5. The summed E-state index contributed by atoms with van der Waals surface area (Å²) >= 11 is 0. The zero-order chi connectivity index (χ0) is 33.5. The van der Waals surface area contributed by atoms with Gasteiger partial charge in [-0.15, -0.1) is 0 Å². The first-order valence-electron chi connectivity index (χ1n) is 16.3. The number of pyridine rings is 1. The second-order valence-electron chi connectivity index (χ2n) is 12.8. The van der Waals surface area contributed by atoms with Crippen LogP contribution in [0.3, 0.4) is 0 Å². The molecule has 5 heterocycles. The number of aromatic carboxylic acids is 1. The molecule has 3 aromatic heterocycles. The minimum atomic E-state index is -2.66.